The summed E-state index contributed by atoms with van der Waals surface area (Å²) in [4.78, 5) is 11.3. The minimum absolute atomic E-state index is 0.0678. The molecule has 1 aromatic rings. The molecule has 5 nitrogen and oxygen atoms in total. The summed E-state index contributed by atoms with van der Waals surface area (Å²) < 4.78 is 4.53. The molecule has 0 heterocycles. The number of carbonyl (C=O) groups is 1. The third-order valence-corrected chi connectivity index (χ3v) is 1.96. The zero-order chi connectivity index (χ0) is 12.3. The van der Waals surface area contributed by atoms with E-state index in [0.717, 1.165) is 6.07 Å². The zero-order valence-corrected chi connectivity index (χ0v) is 9.44. The predicted molar refractivity (Wildman–Crippen MR) is 59.9 cm³/mol. The highest BCUT2D eigenvalue weighted by atomic mass is 16.5. The van der Waals surface area contributed by atoms with Crippen molar-refractivity contribution < 1.29 is 19.7 Å². The Morgan fingerprint density at radius 1 is 1.38 bits per heavy atom. The van der Waals surface area contributed by atoms with Gasteiger partial charge < -0.3 is 20.3 Å². The number of nitrogens with one attached hydrogen (secondary N) is 1. The van der Waals surface area contributed by atoms with Gasteiger partial charge in [0.15, 0.2) is 11.5 Å². The van der Waals surface area contributed by atoms with E-state index in [2.05, 4.69) is 10.1 Å². The molecule has 1 rings (SSSR count). The van der Waals surface area contributed by atoms with E-state index in [0.29, 0.717) is 5.69 Å². The van der Waals surface area contributed by atoms with Crippen LogP contribution in [0.1, 0.15) is 24.2 Å². The van der Waals surface area contributed by atoms with Crippen LogP contribution in [0, 0.1) is 0 Å². The average molecular weight is 225 g/mol. The summed E-state index contributed by atoms with van der Waals surface area (Å²) in [7, 11) is 1.25. The van der Waals surface area contributed by atoms with Gasteiger partial charge in [-0.2, -0.15) is 0 Å². The van der Waals surface area contributed by atoms with Crippen LogP contribution in [0.15, 0.2) is 12.1 Å². The second-order valence-electron chi connectivity index (χ2n) is 3.68. The van der Waals surface area contributed by atoms with E-state index in [1.807, 2.05) is 13.8 Å². The van der Waals surface area contributed by atoms with Crippen LogP contribution in [-0.2, 0) is 4.74 Å². The van der Waals surface area contributed by atoms with Crippen molar-refractivity contribution in [2.75, 3.05) is 12.4 Å². The maximum absolute atomic E-state index is 11.3. The Hall–Kier alpha value is -1.91. The Labute approximate surface area is 93.7 Å². The van der Waals surface area contributed by atoms with Crippen LogP contribution in [0.3, 0.4) is 0 Å². The molecule has 3 N–H and O–H groups in total. The molecular weight excluding hydrogens is 210 g/mol. The first-order chi connectivity index (χ1) is 7.45. The molecule has 1 aromatic carbocycles. The van der Waals surface area contributed by atoms with Crippen LogP contribution in [0.5, 0.6) is 11.5 Å². The fourth-order valence-electron chi connectivity index (χ4n) is 1.28. The number of phenols is 2. The van der Waals surface area contributed by atoms with E-state index in [4.69, 9.17) is 0 Å². The van der Waals surface area contributed by atoms with Crippen LogP contribution in [0.4, 0.5) is 5.69 Å². The number of hydrogen-bond donors (Lipinski definition) is 3. The van der Waals surface area contributed by atoms with E-state index >= 15 is 0 Å². The summed E-state index contributed by atoms with van der Waals surface area (Å²) in [6.07, 6.45) is 0. The average Bonchev–Trinajstić information content (AvgIpc) is 2.22. The molecule has 5 heteroatoms. The highest BCUT2D eigenvalue weighted by Crippen LogP contribution is 2.35. The van der Waals surface area contributed by atoms with Crippen molar-refractivity contribution in [2.45, 2.75) is 19.9 Å². The van der Waals surface area contributed by atoms with Crippen molar-refractivity contribution in [3.8, 4) is 11.5 Å². The Morgan fingerprint density at radius 2 is 2.00 bits per heavy atom. The van der Waals surface area contributed by atoms with Crippen molar-refractivity contribution >= 4 is 11.7 Å². The van der Waals surface area contributed by atoms with Gasteiger partial charge >= 0.3 is 5.97 Å². The van der Waals surface area contributed by atoms with Crippen LogP contribution in [-0.4, -0.2) is 29.3 Å². The van der Waals surface area contributed by atoms with Gasteiger partial charge in [0, 0.05) is 6.04 Å². The lowest BCUT2D eigenvalue weighted by Crippen LogP contribution is -2.11. The number of benzene rings is 1. The molecule has 16 heavy (non-hydrogen) atoms. The molecule has 0 unspecified atom stereocenters. The van der Waals surface area contributed by atoms with Gasteiger partial charge in [-0.25, -0.2) is 4.79 Å². The molecule has 0 aromatic heterocycles. The first-order valence-corrected chi connectivity index (χ1v) is 4.86. The minimum Gasteiger partial charge on any atom is -0.504 e. The van der Waals surface area contributed by atoms with E-state index in [1.54, 1.807) is 0 Å². The molecule has 0 amide bonds. The fraction of sp³-hybridized carbons (Fsp3) is 0.364. The third kappa shape index (κ3) is 2.56. The Balaban J connectivity index is 3.16. The monoisotopic (exact) mass is 225 g/mol. The second-order valence-corrected chi connectivity index (χ2v) is 3.68. The van der Waals surface area contributed by atoms with Crippen LogP contribution in [0.2, 0.25) is 0 Å². The van der Waals surface area contributed by atoms with Gasteiger partial charge in [0.05, 0.1) is 18.4 Å². The third-order valence-electron chi connectivity index (χ3n) is 1.96. The Morgan fingerprint density at radius 3 is 2.50 bits per heavy atom. The summed E-state index contributed by atoms with van der Waals surface area (Å²) in [5.74, 6) is -1.20. The van der Waals surface area contributed by atoms with Gasteiger partial charge in [-0.3, -0.25) is 0 Å². The molecular formula is C11H15NO4. The molecule has 88 valence electrons. The number of methoxy groups -OCH3 is 1. The number of carbonyl (C=O) groups excluding carboxylic acids is 1. The molecule has 0 aliphatic heterocycles. The molecule has 0 bridgehead atoms. The molecule has 0 radical (unpaired) electrons. The summed E-state index contributed by atoms with van der Waals surface area (Å²) in [6.45, 7) is 3.75. The predicted octanol–water partition coefficient (Wildman–Crippen LogP) is 1.70. The SMILES string of the molecule is COC(=O)c1cc(O)c(O)c(NC(C)C)c1. The number of phenolic OH excluding ortho intramolecular Hbond substituents is 2. The van der Waals surface area contributed by atoms with Gasteiger partial charge in [0.2, 0.25) is 0 Å². The number of rotatable bonds is 3. The number of ether oxygens (including phenoxy) is 1. The van der Waals surface area contributed by atoms with Gasteiger partial charge in [0.1, 0.15) is 0 Å². The maximum Gasteiger partial charge on any atom is 0.338 e. The van der Waals surface area contributed by atoms with Crippen molar-refractivity contribution in [2.24, 2.45) is 0 Å². The minimum atomic E-state index is -0.567. The normalized spacial score (nSPS) is 10.2. The lowest BCUT2D eigenvalue weighted by Gasteiger charge is -2.13. The maximum atomic E-state index is 11.3. The highest BCUT2D eigenvalue weighted by Gasteiger charge is 2.14. The first-order valence-electron chi connectivity index (χ1n) is 4.86. The fourth-order valence-corrected chi connectivity index (χ4v) is 1.28. The van der Waals surface area contributed by atoms with Crippen molar-refractivity contribution in [3.05, 3.63) is 17.7 Å². The van der Waals surface area contributed by atoms with Crippen molar-refractivity contribution in [1.29, 1.82) is 0 Å². The standard InChI is InChI=1S/C11H15NO4/c1-6(2)12-8-4-7(11(15)16-3)5-9(13)10(8)14/h4-6,12-14H,1-3H3. The molecule has 0 spiro atoms. The van der Waals surface area contributed by atoms with Crippen molar-refractivity contribution in [3.63, 3.8) is 0 Å². The lowest BCUT2D eigenvalue weighted by atomic mass is 10.1. The second kappa shape index (κ2) is 4.74. The topological polar surface area (TPSA) is 78.8 Å². The molecule has 0 atom stereocenters. The molecule has 0 saturated carbocycles. The quantitative estimate of drug-likeness (QED) is 0.539. The summed E-state index contributed by atoms with van der Waals surface area (Å²) in [6, 6.07) is 2.66. The number of hydrogen-bond acceptors (Lipinski definition) is 5. The summed E-state index contributed by atoms with van der Waals surface area (Å²) in [5.41, 5.74) is 0.483. The number of aromatic hydroxyl groups is 2. The smallest absolute Gasteiger partial charge is 0.338 e. The van der Waals surface area contributed by atoms with Gasteiger partial charge in [-0.15, -0.1) is 0 Å². The summed E-state index contributed by atoms with van der Waals surface area (Å²) in [5, 5.41) is 21.9. The molecule has 0 saturated heterocycles. The summed E-state index contributed by atoms with van der Waals surface area (Å²) >= 11 is 0. The van der Waals surface area contributed by atoms with E-state index in [-0.39, 0.29) is 23.1 Å². The van der Waals surface area contributed by atoms with Crippen molar-refractivity contribution in [1.82, 2.24) is 0 Å². The van der Waals surface area contributed by atoms with Crippen LogP contribution < -0.4 is 5.32 Å². The van der Waals surface area contributed by atoms with Gasteiger partial charge in [-0.05, 0) is 26.0 Å². The zero-order valence-electron chi connectivity index (χ0n) is 9.44. The Bertz CT molecular complexity index is 401. The molecule has 0 aliphatic rings. The van der Waals surface area contributed by atoms with Crippen LogP contribution >= 0.6 is 0 Å². The van der Waals surface area contributed by atoms with Gasteiger partial charge in [0.25, 0.3) is 0 Å². The largest absolute Gasteiger partial charge is 0.504 e. The number of anilines is 1. The first kappa shape index (κ1) is 12.2. The molecule has 0 fully saturated rings. The van der Waals surface area contributed by atoms with Crippen LogP contribution in [0.25, 0.3) is 0 Å². The van der Waals surface area contributed by atoms with E-state index in [9.17, 15) is 15.0 Å². The van der Waals surface area contributed by atoms with E-state index in [1.165, 1.54) is 13.2 Å². The lowest BCUT2D eigenvalue weighted by molar-refractivity contribution is 0.0600. The van der Waals surface area contributed by atoms with E-state index < -0.39 is 5.97 Å². The highest BCUT2D eigenvalue weighted by molar-refractivity contribution is 5.92. The molecule has 0 aliphatic carbocycles. The van der Waals surface area contributed by atoms with Gasteiger partial charge in [-0.1, -0.05) is 0 Å². The number of esters is 1. The Kier molecular flexibility index (Phi) is 3.60.